The van der Waals surface area contributed by atoms with E-state index < -0.39 is 14.3 Å². The summed E-state index contributed by atoms with van der Waals surface area (Å²) in [5.74, 6) is 0.0757. The molecule has 1 aromatic rings. The maximum atomic E-state index is 13.2. The highest BCUT2D eigenvalue weighted by molar-refractivity contribution is 6.74. The lowest BCUT2D eigenvalue weighted by molar-refractivity contribution is -0.147. The largest absolute Gasteiger partial charge is 0.497 e. The second-order valence-electron chi connectivity index (χ2n) is 10.9. The van der Waals surface area contributed by atoms with Crippen LogP contribution in [-0.2, 0) is 30.0 Å². The third-order valence-corrected chi connectivity index (χ3v) is 11.8. The van der Waals surface area contributed by atoms with Crippen molar-refractivity contribution in [3.8, 4) is 0 Å². The van der Waals surface area contributed by atoms with Gasteiger partial charge in [0.2, 0.25) is 5.91 Å². The van der Waals surface area contributed by atoms with Crippen molar-refractivity contribution in [3.63, 3.8) is 0 Å². The number of nitrogens with zero attached hydrogens (tertiary/aromatic N) is 1. The second kappa shape index (κ2) is 12.5. The molecule has 1 aromatic carbocycles. The third-order valence-electron chi connectivity index (χ3n) is 7.23. The molecule has 0 saturated carbocycles. The zero-order chi connectivity index (χ0) is 26.1. The van der Waals surface area contributed by atoms with E-state index in [2.05, 4.69) is 46.0 Å². The predicted molar refractivity (Wildman–Crippen MR) is 142 cm³/mol. The van der Waals surface area contributed by atoms with E-state index in [1.54, 1.807) is 12.0 Å². The molecule has 0 fully saturated rings. The Bertz CT molecular complexity index is 904. The van der Waals surface area contributed by atoms with Gasteiger partial charge >= 0.3 is 5.97 Å². The number of hydrogen-bond donors (Lipinski definition) is 0. The highest BCUT2D eigenvalue weighted by Crippen LogP contribution is 2.39. The van der Waals surface area contributed by atoms with E-state index in [-0.39, 0.29) is 22.8 Å². The van der Waals surface area contributed by atoms with Crippen LogP contribution in [0.15, 0.2) is 54.3 Å². The van der Waals surface area contributed by atoms with Crippen LogP contribution in [0.4, 0.5) is 0 Å². The van der Waals surface area contributed by atoms with E-state index in [0.29, 0.717) is 19.7 Å². The van der Waals surface area contributed by atoms with Crippen LogP contribution < -0.4 is 0 Å². The van der Waals surface area contributed by atoms with Gasteiger partial charge in [-0.15, -0.1) is 0 Å². The number of hydrogen-bond acceptors (Lipinski definition) is 5. The fourth-order valence-corrected chi connectivity index (χ4v) is 5.01. The SMILES string of the molecule is COC(=O)CC(=O)N(Cc1ccccc1)CC1(CCCO[Si](C)(C)C(C)(C)C)C=CC(OC)=CC1. The van der Waals surface area contributed by atoms with Gasteiger partial charge in [-0.05, 0) is 55.1 Å². The predicted octanol–water partition coefficient (Wildman–Crippen LogP) is 5.86. The molecule has 0 bridgehead atoms. The molecular formula is C28H43NO5Si. The molecule has 1 unspecified atom stereocenters. The lowest BCUT2D eigenvalue weighted by Gasteiger charge is -2.39. The van der Waals surface area contributed by atoms with Crippen LogP contribution in [0.1, 0.15) is 52.0 Å². The molecule has 0 N–H and O–H groups in total. The van der Waals surface area contributed by atoms with Crippen molar-refractivity contribution in [2.75, 3.05) is 27.4 Å². The number of benzene rings is 1. The second-order valence-corrected chi connectivity index (χ2v) is 15.7. The number of esters is 1. The van der Waals surface area contributed by atoms with E-state index in [1.165, 1.54) is 7.11 Å². The van der Waals surface area contributed by atoms with Gasteiger partial charge in [-0.1, -0.05) is 57.2 Å². The van der Waals surface area contributed by atoms with Crippen LogP contribution in [-0.4, -0.2) is 52.5 Å². The first-order valence-corrected chi connectivity index (χ1v) is 15.3. The summed E-state index contributed by atoms with van der Waals surface area (Å²) in [6, 6.07) is 9.87. The Morgan fingerprint density at radius 2 is 1.80 bits per heavy atom. The third kappa shape index (κ3) is 8.65. The van der Waals surface area contributed by atoms with Crippen molar-refractivity contribution in [2.45, 2.75) is 71.1 Å². The van der Waals surface area contributed by atoms with Crippen LogP contribution in [0.5, 0.6) is 0 Å². The van der Waals surface area contributed by atoms with E-state index in [0.717, 1.165) is 30.6 Å². The van der Waals surface area contributed by atoms with Crippen LogP contribution in [0.25, 0.3) is 0 Å². The quantitative estimate of drug-likeness (QED) is 0.155. The minimum absolute atomic E-state index is 0.165. The number of rotatable bonds is 12. The van der Waals surface area contributed by atoms with Crippen molar-refractivity contribution >= 4 is 20.2 Å². The highest BCUT2D eigenvalue weighted by Gasteiger charge is 2.38. The summed E-state index contributed by atoms with van der Waals surface area (Å²) >= 11 is 0. The normalized spacial score (nSPS) is 18.1. The molecule has 6 nitrogen and oxygen atoms in total. The highest BCUT2D eigenvalue weighted by atomic mass is 28.4. The maximum Gasteiger partial charge on any atom is 0.315 e. The summed E-state index contributed by atoms with van der Waals surface area (Å²) in [4.78, 5) is 26.9. The Morgan fingerprint density at radius 1 is 1.11 bits per heavy atom. The molecule has 1 aliphatic carbocycles. The minimum Gasteiger partial charge on any atom is -0.497 e. The lowest BCUT2D eigenvalue weighted by atomic mass is 9.76. The molecule has 0 spiro atoms. The minimum atomic E-state index is -1.82. The number of carbonyl (C=O) groups excluding carboxylic acids is 2. The van der Waals surface area contributed by atoms with Gasteiger partial charge in [0, 0.05) is 25.1 Å². The molecule has 0 radical (unpaired) electrons. The van der Waals surface area contributed by atoms with Gasteiger partial charge in [0.25, 0.3) is 0 Å². The fraction of sp³-hybridized carbons (Fsp3) is 0.571. The lowest BCUT2D eigenvalue weighted by Crippen LogP contribution is -2.42. The van der Waals surface area contributed by atoms with Gasteiger partial charge in [-0.3, -0.25) is 9.59 Å². The maximum absolute atomic E-state index is 13.2. The molecule has 0 heterocycles. The zero-order valence-corrected chi connectivity index (χ0v) is 23.6. The topological polar surface area (TPSA) is 65.1 Å². The number of amides is 1. The van der Waals surface area contributed by atoms with Crippen molar-refractivity contribution in [1.82, 2.24) is 4.90 Å². The van der Waals surface area contributed by atoms with Crippen LogP contribution >= 0.6 is 0 Å². The van der Waals surface area contributed by atoms with E-state index >= 15 is 0 Å². The van der Waals surface area contributed by atoms with Gasteiger partial charge in [-0.2, -0.15) is 0 Å². The summed E-state index contributed by atoms with van der Waals surface area (Å²) in [6.07, 6.45) is 8.48. The summed E-state index contributed by atoms with van der Waals surface area (Å²) in [6.45, 7) is 12.9. The average Bonchev–Trinajstić information content (AvgIpc) is 2.82. The van der Waals surface area contributed by atoms with Gasteiger partial charge in [-0.25, -0.2) is 0 Å². The first-order chi connectivity index (χ1) is 16.4. The monoisotopic (exact) mass is 501 g/mol. The van der Waals surface area contributed by atoms with Crippen LogP contribution in [0.2, 0.25) is 18.1 Å². The molecule has 7 heteroatoms. The van der Waals surface area contributed by atoms with Gasteiger partial charge in [0.05, 0.1) is 14.2 Å². The Morgan fingerprint density at radius 3 is 2.34 bits per heavy atom. The average molecular weight is 502 g/mol. The molecule has 0 aromatic heterocycles. The molecule has 35 heavy (non-hydrogen) atoms. The molecular weight excluding hydrogens is 458 g/mol. The van der Waals surface area contributed by atoms with Crippen LogP contribution in [0.3, 0.4) is 0 Å². The number of carbonyl (C=O) groups is 2. The molecule has 194 valence electrons. The molecule has 0 aliphatic heterocycles. The molecule has 1 aliphatic rings. The van der Waals surface area contributed by atoms with E-state index in [1.807, 2.05) is 36.4 Å². The number of allylic oxidation sites excluding steroid dienone is 2. The molecule has 1 atom stereocenters. The smallest absolute Gasteiger partial charge is 0.315 e. The Kier molecular flexibility index (Phi) is 10.3. The Labute approximate surface area is 212 Å². The molecule has 0 saturated heterocycles. The van der Waals surface area contributed by atoms with Crippen molar-refractivity contribution < 1.29 is 23.5 Å². The van der Waals surface area contributed by atoms with Gasteiger partial charge in [0.15, 0.2) is 8.32 Å². The first-order valence-electron chi connectivity index (χ1n) is 12.4. The van der Waals surface area contributed by atoms with E-state index in [4.69, 9.17) is 13.9 Å². The standard InChI is InChI=1S/C28H43NO5Si/c1-27(2,3)35(6,7)34-19-11-16-28(17-14-24(32-4)15-18-28)22-29(25(30)20-26(31)33-5)21-23-12-9-8-10-13-23/h8-10,12-15,17H,11,16,18-22H2,1-7H3. The first kappa shape index (κ1) is 28.9. The number of ether oxygens (including phenoxy) is 2. The number of methoxy groups -OCH3 is 2. The summed E-state index contributed by atoms with van der Waals surface area (Å²) in [5, 5.41) is 0.165. The van der Waals surface area contributed by atoms with Crippen molar-refractivity contribution in [3.05, 3.63) is 59.9 Å². The van der Waals surface area contributed by atoms with Crippen molar-refractivity contribution in [2.24, 2.45) is 5.41 Å². The molecule has 1 amide bonds. The Hall–Kier alpha value is -2.38. The fourth-order valence-electron chi connectivity index (χ4n) is 3.92. The van der Waals surface area contributed by atoms with Crippen LogP contribution in [0, 0.1) is 5.41 Å². The molecule has 2 rings (SSSR count). The summed E-state index contributed by atoms with van der Waals surface area (Å²) < 4.78 is 16.6. The van der Waals surface area contributed by atoms with Gasteiger partial charge in [0.1, 0.15) is 12.2 Å². The Balaban J connectivity index is 2.21. The van der Waals surface area contributed by atoms with Crippen molar-refractivity contribution in [1.29, 1.82) is 0 Å². The zero-order valence-electron chi connectivity index (χ0n) is 22.6. The van der Waals surface area contributed by atoms with Gasteiger partial charge < -0.3 is 18.8 Å². The summed E-state index contributed by atoms with van der Waals surface area (Å²) in [5.41, 5.74) is 0.759. The summed E-state index contributed by atoms with van der Waals surface area (Å²) in [7, 11) is 1.15. The van der Waals surface area contributed by atoms with E-state index in [9.17, 15) is 9.59 Å².